The lowest BCUT2D eigenvalue weighted by atomic mass is 10.0. The van der Waals surface area contributed by atoms with Gasteiger partial charge in [0, 0.05) is 11.1 Å². The molecular weight excluding hydrogens is 257 g/mol. The van der Waals surface area contributed by atoms with Crippen LogP contribution in [0, 0.1) is 5.82 Å². The molecule has 0 saturated heterocycles. The first kappa shape index (κ1) is 12.7. The molecule has 0 radical (unpaired) electrons. The monoisotopic (exact) mass is 271 g/mol. The second-order valence-electron chi connectivity index (χ2n) is 4.91. The molecule has 102 valence electrons. The predicted molar refractivity (Wildman–Crippen MR) is 74.3 cm³/mol. The molecule has 1 fully saturated rings. The molecule has 0 bridgehead atoms. The molecule has 1 aliphatic carbocycles. The van der Waals surface area contributed by atoms with Crippen LogP contribution in [0.1, 0.15) is 28.8 Å². The summed E-state index contributed by atoms with van der Waals surface area (Å²) in [7, 11) is 0. The average molecular weight is 271 g/mol. The smallest absolute Gasteiger partial charge is 0.193 e. The van der Waals surface area contributed by atoms with E-state index in [1.54, 1.807) is 24.3 Å². The van der Waals surface area contributed by atoms with Gasteiger partial charge in [0.2, 0.25) is 0 Å². The van der Waals surface area contributed by atoms with Crippen LogP contribution in [0.3, 0.4) is 0 Å². The van der Waals surface area contributed by atoms with Crippen molar-refractivity contribution in [1.29, 1.82) is 0 Å². The molecule has 0 unspecified atom stereocenters. The lowest BCUT2D eigenvalue weighted by Crippen LogP contribution is -2.03. The first-order valence-electron chi connectivity index (χ1n) is 6.50. The normalized spacial score (nSPS) is 14.1. The van der Waals surface area contributed by atoms with E-state index in [0.717, 1.165) is 24.7 Å². The van der Waals surface area contributed by atoms with Crippen LogP contribution in [0.2, 0.25) is 0 Å². The number of benzene rings is 2. The third kappa shape index (κ3) is 2.64. The summed E-state index contributed by atoms with van der Waals surface area (Å²) >= 11 is 0. The highest BCUT2D eigenvalue weighted by molar-refractivity contribution is 6.09. The van der Waals surface area contributed by atoms with Crippen LogP contribution >= 0.6 is 0 Å². The fraction of sp³-hybridized carbons (Fsp3) is 0.188. The van der Waals surface area contributed by atoms with Gasteiger partial charge in [0.25, 0.3) is 0 Å². The van der Waals surface area contributed by atoms with E-state index in [1.165, 1.54) is 12.1 Å². The third-order valence-electron chi connectivity index (χ3n) is 3.21. The SMILES string of the molecule is Nc1ccc(C(=O)c2ccc(OC3CC3)cc2)cc1F. The number of hydrogen-bond acceptors (Lipinski definition) is 3. The van der Waals surface area contributed by atoms with E-state index in [4.69, 9.17) is 10.5 Å². The maximum atomic E-state index is 13.4. The van der Waals surface area contributed by atoms with Gasteiger partial charge in [0.05, 0.1) is 11.8 Å². The number of halogens is 1. The van der Waals surface area contributed by atoms with E-state index < -0.39 is 5.82 Å². The fourth-order valence-electron chi connectivity index (χ4n) is 1.90. The Hall–Kier alpha value is -2.36. The minimum Gasteiger partial charge on any atom is -0.490 e. The highest BCUT2D eigenvalue weighted by atomic mass is 19.1. The van der Waals surface area contributed by atoms with Crippen LogP contribution in [0.25, 0.3) is 0 Å². The summed E-state index contributed by atoms with van der Waals surface area (Å²) in [6.07, 6.45) is 2.50. The van der Waals surface area contributed by atoms with E-state index in [2.05, 4.69) is 0 Å². The molecule has 3 nitrogen and oxygen atoms in total. The second kappa shape index (κ2) is 4.96. The largest absolute Gasteiger partial charge is 0.490 e. The maximum Gasteiger partial charge on any atom is 0.193 e. The summed E-state index contributed by atoms with van der Waals surface area (Å²) in [5, 5.41) is 0. The number of hydrogen-bond donors (Lipinski definition) is 1. The van der Waals surface area contributed by atoms with Crippen molar-refractivity contribution in [2.24, 2.45) is 0 Å². The van der Waals surface area contributed by atoms with Crippen LogP contribution in [-0.4, -0.2) is 11.9 Å². The van der Waals surface area contributed by atoms with Gasteiger partial charge < -0.3 is 10.5 Å². The number of ether oxygens (including phenoxy) is 1. The van der Waals surface area contributed by atoms with Crippen LogP contribution < -0.4 is 10.5 Å². The van der Waals surface area contributed by atoms with Gasteiger partial charge in [-0.25, -0.2) is 4.39 Å². The van der Waals surface area contributed by atoms with Crippen LogP contribution in [0.15, 0.2) is 42.5 Å². The van der Waals surface area contributed by atoms with Gasteiger partial charge in [-0.3, -0.25) is 4.79 Å². The lowest BCUT2D eigenvalue weighted by molar-refractivity contribution is 0.103. The molecule has 3 rings (SSSR count). The number of carbonyl (C=O) groups excluding carboxylic acids is 1. The molecule has 1 aliphatic rings. The molecule has 2 N–H and O–H groups in total. The van der Waals surface area contributed by atoms with Gasteiger partial charge in [-0.2, -0.15) is 0 Å². The Morgan fingerprint density at radius 2 is 1.75 bits per heavy atom. The van der Waals surface area contributed by atoms with Crippen molar-refractivity contribution >= 4 is 11.5 Å². The van der Waals surface area contributed by atoms with Crippen LogP contribution in [0.5, 0.6) is 5.75 Å². The van der Waals surface area contributed by atoms with E-state index in [1.807, 2.05) is 0 Å². The lowest BCUT2D eigenvalue weighted by Gasteiger charge is -2.06. The zero-order valence-corrected chi connectivity index (χ0v) is 10.8. The van der Waals surface area contributed by atoms with E-state index in [0.29, 0.717) is 11.7 Å². The minimum absolute atomic E-state index is 0.0368. The minimum atomic E-state index is -0.579. The summed E-state index contributed by atoms with van der Waals surface area (Å²) in [6.45, 7) is 0. The zero-order valence-electron chi connectivity index (χ0n) is 10.8. The van der Waals surface area contributed by atoms with Crippen molar-refractivity contribution in [2.45, 2.75) is 18.9 Å². The van der Waals surface area contributed by atoms with Gasteiger partial charge in [-0.05, 0) is 55.3 Å². The molecule has 0 aliphatic heterocycles. The Morgan fingerprint density at radius 1 is 1.10 bits per heavy atom. The van der Waals surface area contributed by atoms with Crippen molar-refractivity contribution in [3.8, 4) is 5.75 Å². The maximum absolute atomic E-state index is 13.4. The number of nitrogens with two attached hydrogens (primary N) is 1. The van der Waals surface area contributed by atoms with Gasteiger partial charge in [0.15, 0.2) is 5.78 Å². The summed E-state index contributed by atoms with van der Waals surface area (Å²) in [6, 6.07) is 11.0. The zero-order chi connectivity index (χ0) is 14.1. The second-order valence-corrected chi connectivity index (χ2v) is 4.91. The standard InChI is InChI=1S/C16H14FNO2/c17-14-9-11(3-8-15(14)18)16(19)10-1-4-12(5-2-10)20-13-6-7-13/h1-5,8-9,13H,6-7,18H2. The highest BCUT2D eigenvalue weighted by Gasteiger charge is 2.23. The molecule has 2 aromatic carbocycles. The summed E-state index contributed by atoms with van der Waals surface area (Å²) in [5.41, 5.74) is 6.22. The first-order valence-corrected chi connectivity index (χ1v) is 6.50. The Kier molecular flexibility index (Phi) is 3.14. The van der Waals surface area contributed by atoms with Crippen LogP contribution in [0.4, 0.5) is 10.1 Å². The van der Waals surface area contributed by atoms with Crippen LogP contribution in [-0.2, 0) is 0 Å². The van der Waals surface area contributed by atoms with Gasteiger partial charge in [0.1, 0.15) is 11.6 Å². The Bertz CT molecular complexity index is 648. The third-order valence-corrected chi connectivity index (χ3v) is 3.21. The molecule has 0 atom stereocenters. The Balaban J connectivity index is 1.80. The molecule has 0 amide bonds. The summed E-state index contributed by atoms with van der Waals surface area (Å²) < 4.78 is 19.0. The van der Waals surface area contributed by atoms with Crippen molar-refractivity contribution in [3.05, 3.63) is 59.4 Å². The van der Waals surface area contributed by atoms with Gasteiger partial charge in [-0.1, -0.05) is 0 Å². The molecule has 0 spiro atoms. The van der Waals surface area contributed by atoms with Crippen molar-refractivity contribution in [3.63, 3.8) is 0 Å². The van der Waals surface area contributed by atoms with Crippen molar-refractivity contribution in [1.82, 2.24) is 0 Å². The molecule has 4 heteroatoms. The molecule has 1 saturated carbocycles. The topological polar surface area (TPSA) is 52.3 Å². The van der Waals surface area contributed by atoms with Gasteiger partial charge in [-0.15, -0.1) is 0 Å². The number of anilines is 1. The predicted octanol–water partition coefficient (Wildman–Crippen LogP) is 3.18. The van der Waals surface area contributed by atoms with E-state index >= 15 is 0 Å². The molecule has 20 heavy (non-hydrogen) atoms. The molecule has 2 aromatic rings. The number of nitrogen functional groups attached to an aromatic ring is 1. The average Bonchev–Trinajstić information content (AvgIpc) is 3.26. The Morgan fingerprint density at radius 3 is 2.35 bits per heavy atom. The first-order chi connectivity index (χ1) is 9.63. The number of carbonyl (C=O) groups is 1. The molecule has 0 heterocycles. The molecular formula is C16H14FNO2. The van der Waals surface area contributed by atoms with Gasteiger partial charge >= 0.3 is 0 Å². The Labute approximate surface area is 116 Å². The summed E-state index contributed by atoms with van der Waals surface area (Å²) in [4.78, 5) is 12.2. The fourth-order valence-corrected chi connectivity index (χ4v) is 1.90. The van der Waals surface area contributed by atoms with E-state index in [-0.39, 0.29) is 17.0 Å². The highest BCUT2D eigenvalue weighted by Crippen LogP contribution is 2.27. The molecule has 0 aromatic heterocycles. The number of rotatable bonds is 4. The number of ketones is 1. The summed E-state index contributed by atoms with van der Waals surface area (Å²) in [5.74, 6) is -0.0565. The van der Waals surface area contributed by atoms with Crippen molar-refractivity contribution < 1.29 is 13.9 Å². The van der Waals surface area contributed by atoms with Crippen molar-refractivity contribution in [2.75, 3.05) is 5.73 Å². The quantitative estimate of drug-likeness (QED) is 0.686. The van der Waals surface area contributed by atoms with E-state index in [9.17, 15) is 9.18 Å².